The molecule has 6 heteroatoms. The molecule has 30 heavy (non-hydrogen) atoms. The third-order valence-corrected chi connectivity index (χ3v) is 4.77. The van der Waals surface area contributed by atoms with Gasteiger partial charge in [0.2, 0.25) is 0 Å². The number of rotatable bonds is 5. The highest BCUT2D eigenvalue weighted by Gasteiger charge is 2.21. The molecule has 3 rings (SSSR count). The van der Waals surface area contributed by atoms with E-state index < -0.39 is 11.5 Å². The van der Waals surface area contributed by atoms with Gasteiger partial charge < -0.3 is 5.11 Å². The normalized spacial score (nSPS) is 11.0. The van der Waals surface area contributed by atoms with Gasteiger partial charge in [0.1, 0.15) is 11.6 Å². The molecule has 0 fully saturated rings. The van der Waals surface area contributed by atoms with Crippen LogP contribution in [-0.2, 0) is 0 Å². The lowest BCUT2D eigenvalue weighted by Crippen LogP contribution is -2.28. The van der Waals surface area contributed by atoms with Crippen LogP contribution >= 0.6 is 0 Å². The number of carboxylic acids is 1. The lowest BCUT2D eigenvalue weighted by Gasteiger charge is -2.10. The van der Waals surface area contributed by atoms with Crippen molar-refractivity contribution in [3.63, 3.8) is 0 Å². The van der Waals surface area contributed by atoms with E-state index >= 15 is 0 Å². The van der Waals surface area contributed by atoms with Crippen LogP contribution in [0.4, 0.5) is 0 Å². The van der Waals surface area contributed by atoms with Crippen LogP contribution in [0.15, 0.2) is 53.3 Å². The van der Waals surface area contributed by atoms with Gasteiger partial charge in [0.25, 0.3) is 5.56 Å². The Bertz CT molecular complexity index is 1210. The molecule has 0 saturated heterocycles. The molecular weight excluding hydrogens is 378 g/mol. The maximum absolute atomic E-state index is 12.9. The highest BCUT2D eigenvalue weighted by Crippen LogP contribution is 2.18. The fraction of sp³-hybridized carbons (Fsp3) is 0.167. The highest BCUT2D eigenvalue weighted by molar-refractivity contribution is 5.92. The van der Waals surface area contributed by atoms with Gasteiger partial charge in [-0.15, -0.1) is 0 Å². The first-order valence-corrected chi connectivity index (χ1v) is 9.47. The average Bonchev–Trinajstić information content (AvgIpc) is 2.73. The van der Waals surface area contributed by atoms with Gasteiger partial charge >= 0.3 is 5.97 Å². The molecule has 0 unspecified atom stereocenters. The SMILES string of the molecule is Cc1ccc(-n2nc(C(=O)O)c(/C=C\c3ccc(C(C)C)cc3)c(C#N)c2=O)cc1. The third kappa shape index (κ3) is 4.20. The molecule has 0 spiro atoms. The Morgan fingerprint density at radius 1 is 1.10 bits per heavy atom. The smallest absolute Gasteiger partial charge is 0.357 e. The molecule has 0 aliphatic heterocycles. The van der Waals surface area contributed by atoms with Crippen molar-refractivity contribution in [2.24, 2.45) is 0 Å². The minimum atomic E-state index is -1.32. The molecule has 1 N–H and O–H groups in total. The molecule has 0 radical (unpaired) electrons. The van der Waals surface area contributed by atoms with E-state index in [0.29, 0.717) is 11.6 Å². The first kappa shape index (κ1) is 20.7. The standard InChI is InChI=1S/C24H21N3O3/c1-15(2)18-9-6-17(7-10-18)8-13-20-21(14-25)23(28)27(26-22(20)24(29)30)19-11-4-16(3)5-12-19/h4-13,15H,1-3H3,(H,29,30)/b13-8-. The Kier molecular flexibility index (Phi) is 5.93. The van der Waals surface area contributed by atoms with Crippen molar-refractivity contribution in [3.8, 4) is 11.8 Å². The van der Waals surface area contributed by atoms with Gasteiger partial charge in [0.05, 0.1) is 5.69 Å². The molecule has 1 heterocycles. The second-order valence-electron chi connectivity index (χ2n) is 7.26. The van der Waals surface area contributed by atoms with Gasteiger partial charge in [-0.2, -0.15) is 15.0 Å². The van der Waals surface area contributed by atoms with Gasteiger partial charge in [-0.05, 0) is 36.1 Å². The molecule has 0 amide bonds. The number of carboxylic acid groups (broad SMARTS) is 1. The van der Waals surface area contributed by atoms with Gasteiger partial charge in [-0.25, -0.2) is 4.79 Å². The number of aryl methyl sites for hydroxylation is 1. The van der Waals surface area contributed by atoms with E-state index in [1.807, 2.05) is 37.3 Å². The molecule has 150 valence electrons. The van der Waals surface area contributed by atoms with Crippen LogP contribution in [-0.4, -0.2) is 20.9 Å². The average molecular weight is 399 g/mol. The van der Waals surface area contributed by atoms with Gasteiger partial charge in [-0.1, -0.05) is 68.0 Å². The lowest BCUT2D eigenvalue weighted by atomic mass is 10.0. The highest BCUT2D eigenvalue weighted by atomic mass is 16.4. The number of hydrogen-bond acceptors (Lipinski definition) is 4. The summed E-state index contributed by atoms with van der Waals surface area (Å²) in [5.41, 5.74) is 2.08. The van der Waals surface area contributed by atoms with Crippen LogP contribution in [0.1, 0.15) is 58.1 Å². The fourth-order valence-electron chi connectivity index (χ4n) is 3.00. The summed E-state index contributed by atoms with van der Waals surface area (Å²) < 4.78 is 0.955. The van der Waals surface area contributed by atoms with Crippen molar-refractivity contribution < 1.29 is 9.90 Å². The van der Waals surface area contributed by atoms with Crippen molar-refractivity contribution >= 4 is 18.1 Å². The van der Waals surface area contributed by atoms with E-state index in [2.05, 4.69) is 18.9 Å². The summed E-state index contributed by atoms with van der Waals surface area (Å²) in [6.45, 7) is 6.08. The minimum Gasteiger partial charge on any atom is -0.476 e. The number of aromatic nitrogens is 2. The van der Waals surface area contributed by atoms with Crippen LogP contribution in [0.5, 0.6) is 0 Å². The summed E-state index contributed by atoms with van der Waals surface area (Å²) in [4.78, 5) is 24.7. The second-order valence-corrected chi connectivity index (χ2v) is 7.26. The summed E-state index contributed by atoms with van der Waals surface area (Å²) in [6.07, 6.45) is 3.13. The van der Waals surface area contributed by atoms with Crippen LogP contribution in [0.25, 0.3) is 17.8 Å². The zero-order valence-corrected chi connectivity index (χ0v) is 17.0. The lowest BCUT2D eigenvalue weighted by molar-refractivity contribution is 0.0688. The fourth-order valence-corrected chi connectivity index (χ4v) is 3.00. The zero-order valence-electron chi connectivity index (χ0n) is 17.0. The van der Waals surface area contributed by atoms with E-state index in [-0.39, 0.29) is 16.8 Å². The van der Waals surface area contributed by atoms with Gasteiger partial charge in [0.15, 0.2) is 5.69 Å². The molecule has 3 aromatic rings. The van der Waals surface area contributed by atoms with Crippen molar-refractivity contribution in [2.45, 2.75) is 26.7 Å². The zero-order chi connectivity index (χ0) is 21.8. The molecule has 0 aliphatic carbocycles. The third-order valence-electron chi connectivity index (χ3n) is 4.77. The maximum atomic E-state index is 12.9. The minimum absolute atomic E-state index is 0.00806. The van der Waals surface area contributed by atoms with Crippen molar-refractivity contribution in [2.75, 3.05) is 0 Å². The van der Waals surface area contributed by atoms with Crippen molar-refractivity contribution in [1.29, 1.82) is 5.26 Å². The quantitative estimate of drug-likeness (QED) is 0.686. The largest absolute Gasteiger partial charge is 0.476 e. The number of carbonyl (C=O) groups is 1. The number of nitriles is 1. The topological polar surface area (TPSA) is 96.0 Å². The maximum Gasteiger partial charge on any atom is 0.357 e. The molecule has 0 aliphatic rings. The number of nitrogens with zero attached hydrogens (tertiary/aromatic N) is 3. The van der Waals surface area contributed by atoms with E-state index in [1.165, 1.54) is 11.6 Å². The molecule has 0 saturated carbocycles. The van der Waals surface area contributed by atoms with Crippen LogP contribution in [0.2, 0.25) is 0 Å². The van der Waals surface area contributed by atoms with E-state index in [4.69, 9.17) is 0 Å². The predicted octanol–water partition coefficient (Wildman–Crippen LogP) is 4.40. The Morgan fingerprint density at radius 2 is 1.73 bits per heavy atom. The summed E-state index contributed by atoms with van der Waals surface area (Å²) in [6, 6.07) is 16.5. The number of aromatic carboxylic acids is 1. The molecule has 0 bridgehead atoms. The van der Waals surface area contributed by atoms with E-state index in [9.17, 15) is 20.0 Å². The summed E-state index contributed by atoms with van der Waals surface area (Å²) >= 11 is 0. The predicted molar refractivity (Wildman–Crippen MR) is 116 cm³/mol. The van der Waals surface area contributed by atoms with Crippen molar-refractivity contribution in [3.05, 3.63) is 92.4 Å². The summed E-state index contributed by atoms with van der Waals surface area (Å²) in [5, 5.41) is 23.3. The number of hydrogen-bond donors (Lipinski definition) is 1. The first-order valence-electron chi connectivity index (χ1n) is 9.47. The Labute approximate surface area is 174 Å². The Morgan fingerprint density at radius 3 is 2.27 bits per heavy atom. The van der Waals surface area contributed by atoms with Gasteiger partial charge in [-0.3, -0.25) is 4.79 Å². The first-order chi connectivity index (χ1) is 14.3. The molecule has 0 atom stereocenters. The molecule has 1 aromatic heterocycles. The van der Waals surface area contributed by atoms with Crippen LogP contribution in [0, 0.1) is 18.3 Å². The van der Waals surface area contributed by atoms with E-state index in [1.54, 1.807) is 30.3 Å². The molecule has 2 aromatic carbocycles. The second kappa shape index (κ2) is 8.58. The monoisotopic (exact) mass is 399 g/mol. The van der Waals surface area contributed by atoms with Crippen LogP contribution < -0.4 is 5.56 Å². The Balaban J connectivity index is 2.13. The van der Waals surface area contributed by atoms with E-state index in [0.717, 1.165) is 15.8 Å². The number of benzene rings is 2. The molecular formula is C24H21N3O3. The van der Waals surface area contributed by atoms with Gasteiger partial charge in [0, 0.05) is 5.56 Å². The molecule has 6 nitrogen and oxygen atoms in total. The summed E-state index contributed by atoms with van der Waals surface area (Å²) in [7, 11) is 0. The summed E-state index contributed by atoms with van der Waals surface area (Å²) in [5.74, 6) is -0.924. The Hall–Kier alpha value is -3.98. The van der Waals surface area contributed by atoms with Crippen LogP contribution in [0.3, 0.4) is 0 Å². The van der Waals surface area contributed by atoms with Crippen molar-refractivity contribution in [1.82, 2.24) is 9.78 Å².